The van der Waals surface area contributed by atoms with Gasteiger partial charge in [0.25, 0.3) is 5.56 Å². The summed E-state index contributed by atoms with van der Waals surface area (Å²) < 4.78 is 45.5. The molecule has 1 aliphatic rings. The highest BCUT2D eigenvalue weighted by molar-refractivity contribution is 5.99. The summed E-state index contributed by atoms with van der Waals surface area (Å²) >= 11 is 0. The summed E-state index contributed by atoms with van der Waals surface area (Å²) in [7, 11) is 0. The Morgan fingerprint density at radius 2 is 1.74 bits per heavy atom. The molecule has 34 heavy (non-hydrogen) atoms. The number of furan rings is 1. The Morgan fingerprint density at radius 3 is 2.32 bits per heavy atom. The molecule has 3 N–H and O–H groups in total. The number of nitrogens with zero attached hydrogens (tertiary/aromatic N) is 2. The Morgan fingerprint density at radius 1 is 1.09 bits per heavy atom. The number of aromatic nitrogens is 2. The van der Waals surface area contributed by atoms with Crippen molar-refractivity contribution in [3.63, 3.8) is 0 Å². The van der Waals surface area contributed by atoms with Crippen molar-refractivity contribution in [2.24, 2.45) is 5.73 Å². The number of fused-ring (bicyclic) bond motifs is 1. The Balaban J connectivity index is 1.66. The molecule has 1 saturated carbocycles. The largest absolute Gasteiger partial charge is 0.437 e. The van der Waals surface area contributed by atoms with E-state index in [0.717, 1.165) is 11.9 Å². The number of alkyl halides is 3. The lowest BCUT2D eigenvalue weighted by molar-refractivity contribution is -0.141. The predicted molar refractivity (Wildman–Crippen MR) is 121 cm³/mol. The number of hydrogen-bond donors (Lipinski definition) is 2. The van der Waals surface area contributed by atoms with Crippen molar-refractivity contribution in [3.05, 3.63) is 76.8 Å². The molecule has 6 nitrogen and oxygen atoms in total. The third-order valence-electron chi connectivity index (χ3n) is 6.21. The van der Waals surface area contributed by atoms with Gasteiger partial charge in [-0.05, 0) is 30.9 Å². The van der Waals surface area contributed by atoms with E-state index in [1.165, 1.54) is 0 Å². The van der Waals surface area contributed by atoms with Crippen LogP contribution < -0.4 is 11.3 Å². The zero-order valence-electron chi connectivity index (χ0n) is 18.3. The number of rotatable bonds is 4. The molecule has 0 aliphatic heterocycles. The van der Waals surface area contributed by atoms with Crippen molar-refractivity contribution in [2.45, 2.75) is 43.6 Å². The van der Waals surface area contributed by atoms with Crippen LogP contribution in [0.1, 0.15) is 25.3 Å². The smallest absolute Gasteiger partial charge is 0.406 e. The van der Waals surface area contributed by atoms with Crippen molar-refractivity contribution >= 4 is 11.1 Å². The standard InChI is InChI=1S/C25H22F3N3O3/c1-23(33)11-24(29,12-23)17-9-7-16(8-10-17)20-18(15-5-3-2-4-6-15)19-21(34-20)30-14-31(22(19)32)13-25(26,27)28/h2-10,14,33H,11-13,29H2,1H3/t23-,24-. The molecule has 0 saturated heterocycles. The summed E-state index contributed by atoms with van der Waals surface area (Å²) in [6, 6.07) is 16.1. The van der Waals surface area contributed by atoms with Crippen LogP contribution in [0.15, 0.2) is 70.1 Å². The van der Waals surface area contributed by atoms with Gasteiger partial charge in [0.15, 0.2) is 0 Å². The van der Waals surface area contributed by atoms with Gasteiger partial charge < -0.3 is 15.3 Å². The van der Waals surface area contributed by atoms with Crippen molar-refractivity contribution < 1.29 is 22.7 Å². The summed E-state index contributed by atoms with van der Waals surface area (Å²) in [6.45, 7) is 0.298. The lowest BCUT2D eigenvalue weighted by Crippen LogP contribution is -2.58. The molecule has 9 heteroatoms. The molecular weight excluding hydrogens is 447 g/mol. The van der Waals surface area contributed by atoms with Gasteiger partial charge in [0.1, 0.15) is 24.0 Å². The van der Waals surface area contributed by atoms with Crippen molar-refractivity contribution in [3.8, 4) is 22.5 Å². The van der Waals surface area contributed by atoms with Crippen LogP contribution in [-0.2, 0) is 12.1 Å². The maximum absolute atomic E-state index is 13.1. The second kappa shape index (κ2) is 7.54. The van der Waals surface area contributed by atoms with Gasteiger partial charge in [-0.25, -0.2) is 4.98 Å². The van der Waals surface area contributed by atoms with Crippen molar-refractivity contribution in [1.29, 1.82) is 0 Å². The molecule has 2 heterocycles. The molecule has 0 unspecified atom stereocenters. The molecule has 176 valence electrons. The van der Waals surface area contributed by atoms with Gasteiger partial charge in [0.2, 0.25) is 5.71 Å². The van der Waals surface area contributed by atoms with Gasteiger partial charge in [-0.2, -0.15) is 13.2 Å². The summed E-state index contributed by atoms with van der Waals surface area (Å²) in [4.78, 5) is 17.1. The van der Waals surface area contributed by atoms with Crippen LogP contribution in [0.25, 0.3) is 33.6 Å². The molecule has 0 radical (unpaired) electrons. The predicted octanol–water partition coefficient (Wildman–Crippen LogP) is 4.58. The van der Waals surface area contributed by atoms with Gasteiger partial charge in [-0.1, -0.05) is 54.6 Å². The zero-order valence-corrected chi connectivity index (χ0v) is 18.3. The molecule has 2 aromatic carbocycles. The van der Waals surface area contributed by atoms with E-state index in [1.807, 2.05) is 12.1 Å². The minimum atomic E-state index is -4.57. The molecular formula is C25H22F3N3O3. The maximum atomic E-state index is 13.1. The van der Waals surface area contributed by atoms with E-state index in [4.69, 9.17) is 10.2 Å². The molecule has 5 rings (SSSR count). The average molecular weight is 469 g/mol. The number of hydrogen-bond acceptors (Lipinski definition) is 5. The summed E-state index contributed by atoms with van der Waals surface area (Å²) in [5, 5.41) is 10.1. The lowest BCUT2D eigenvalue weighted by Gasteiger charge is -2.49. The number of halogens is 3. The highest BCUT2D eigenvalue weighted by Gasteiger charge is 2.49. The van der Waals surface area contributed by atoms with Crippen LogP contribution in [0.4, 0.5) is 13.2 Å². The highest BCUT2D eigenvalue weighted by atomic mass is 19.4. The molecule has 2 aromatic heterocycles. The second-order valence-electron chi connectivity index (χ2n) is 9.23. The van der Waals surface area contributed by atoms with E-state index in [0.29, 0.717) is 39.9 Å². The average Bonchev–Trinajstić information content (AvgIpc) is 3.14. The van der Waals surface area contributed by atoms with Crippen LogP contribution in [0.3, 0.4) is 0 Å². The Bertz CT molecular complexity index is 1410. The second-order valence-corrected chi connectivity index (χ2v) is 9.23. The fraction of sp³-hybridized carbons (Fsp3) is 0.280. The Kier molecular flexibility index (Phi) is 4.96. The first-order chi connectivity index (χ1) is 16.0. The molecule has 0 amide bonds. The topological polar surface area (TPSA) is 94.3 Å². The fourth-order valence-corrected chi connectivity index (χ4v) is 4.88. The fourth-order valence-electron chi connectivity index (χ4n) is 4.88. The van der Waals surface area contributed by atoms with Crippen LogP contribution >= 0.6 is 0 Å². The minimum Gasteiger partial charge on any atom is -0.437 e. The maximum Gasteiger partial charge on any atom is 0.406 e. The SMILES string of the molecule is C[C@]1(O)C[C@@](N)(c2ccc(-c3oc4ncn(CC(F)(F)F)c(=O)c4c3-c3ccccc3)cc2)C1. The van der Waals surface area contributed by atoms with Crippen molar-refractivity contribution in [1.82, 2.24) is 9.55 Å². The molecule has 0 atom stereocenters. The van der Waals surface area contributed by atoms with E-state index >= 15 is 0 Å². The molecule has 1 aliphatic carbocycles. The van der Waals surface area contributed by atoms with Crippen LogP contribution in [0.2, 0.25) is 0 Å². The lowest BCUT2D eigenvalue weighted by atomic mass is 9.63. The van der Waals surface area contributed by atoms with Crippen molar-refractivity contribution in [2.75, 3.05) is 0 Å². The number of nitrogens with two attached hydrogens (primary N) is 1. The first kappa shape index (κ1) is 22.4. The minimum absolute atomic E-state index is 0.0117. The Hall–Kier alpha value is -3.43. The number of benzene rings is 2. The van der Waals surface area contributed by atoms with Crippen LogP contribution in [0.5, 0.6) is 0 Å². The molecule has 1 fully saturated rings. The quantitative estimate of drug-likeness (QED) is 0.456. The highest BCUT2D eigenvalue weighted by Crippen LogP contribution is 2.47. The summed E-state index contributed by atoms with van der Waals surface area (Å²) in [5.74, 6) is 0.328. The van der Waals surface area contributed by atoms with E-state index < -0.39 is 29.4 Å². The third kappa shape index (κ3) is 3.91. The van der Waals surface area contributed by atoms with Crippen LogP contribution in [-0.4, -0.2) is 26.4 Å². The van der Waals surface area contributed by atoms with Gasteiger partial charge in [-0.15, -0.1) is 0 Å². The van der Waals surface area contributed by atoms with E-state index in [-0.39, 0.29) is 11.1 Å². The van der Waals surface area contributed by atoms with Gasteiger partial charge in [-0.3, -0.25) is 9.36 Å². The summed E-state index contributed by atoms with van der Waals surface area (Å²) in [6.07, 6.45) is -2.85. The van der Waals surface area contributed by atoms with Gasteiger partial charge in [0, 0.05) is 16.7 Å². The molecule has 0 bridgehead atoms. The monoisotopic (exact) mass is 469 g/mol. The van der Waals surface area contributed by atoms with E-state index in [1.54, 1.807) is 49.4 Å². The zero-order chi connectivity index (χ0) is 24.3. The summed E-state index contributed by atoms with van der Waals surface area (Å²) in [5.41, 5.74) is 6.61. The van der Waals surface area contributed by atoms with E-state index in [2.05, 4.69) is 4.98 Å². The van der Waals surface area contributed by atoms with Crippen LogP contribution in [0, 0.1) is 0 Å². The van der Waals surface area contributed by atoms with Gasteiger partial charge >= 0.3 is 6.18 Å². The number of aliphatic hydroxyl groups is 1. The molecule has 4 aromatic rings. The van der Waals surface area contributed by atoms with Gasteiger partial charge in [0.05, 0.1) is 5.60 Å². The normalized spacial score (nSPS) is 22.6. The first-order valence-corrected chi connectivity index (χ1v) is 10.7. The third-order valence-corrected chi connectivity index (χ3v) is 6.21. The van der Waals surface area contributed by atoms with E-state index in [9.17, 15) is 23.1 Å². The Labute approximate surface area is 192 Å². The first-order valence-electron chi connectivity index (χ1n) is 10.7. The molecule has 0 spiro atoms.